The summed E-state index contributed by atoms with van der Waals surface area (Å²) in [7, 11) is 0. The lowest BCUT2D eigenvalue weighted by Gasteiger charge is -2.10. The van der Waals surface area contributed by atoms with Crippen molar-refractivity contribution in [3.05, 3.63) is 29.3 Å². The fourth-order valence-electron chi connectivity index (χ4n) is 1.21. The van der Waals surface area contributed by atoms with Crippen molar-refractivity contribution >= 4 is 23.4 Å². The molecule has 0 bridgehead atoms. The van der Waals surface area contributed by atoms with E-state index in [4.69, 9.17) is 17.3 Å². The van der Waals surface area contributed by atoms with Crippen LogP contribution in [0.25, 0.3) is 0 Å². The smallest absolute Gasteiger partial charge is 0.0541 e. The van der Waals surface area contributed by atoms with Gasteiger partial charge in [-0.3, -0.25) is 0 Å². The van der Waals surface area contributed by atoms with Gasteiger partial charge in [0.2, 0.25) is 0 Å². The molecule has 1 unspecified atom stereocenters. The zero-order chi connectivity index (χ0) is 10.4. The minimum absolute atomic E-state index is 0.279. The number of halogens is 1. The minimum atomic E-state index is 0.279. The van der Waals surface area contributed by atoms with Gasteiger partial charge in [-0.2, -0.15) is 0 Å². The highest BCUT2D eigenvalue weighted by Crippen LogP contribution is 2.27. The molecular formula is C11H16ClNS. The van der Waals surface area contributed by atoms with Crippen LogP contribution in [0.4, 0.5) is 0 Å². The molecule has 78 valence electrons. The predicted molar refractivity (Wildman–Crippen MR) is 65.1 cm³/mol. The lowest BCUT2D eigenvalue weighted by molar-refractivity contribution is 0.661. The molecule has 1 rings (SSSR count). The van der Waals surface area contributed by atoms with Gasteiger partial charge >= 0.3 is 0 Å². The predicted octanol–water partition coefficient (Wildman–Crippen LogP) is 3.56. The Bertz CT molecular complexity index is 278. The third-order valence-electron chi connectivity index (χ3n) is 1.95. The molecule has 0 spiro atoms. The molecule has 0 saturated heterocycles. The second-order valence-corrected chi connectivity index (χ2v) is 4.76. The Morgan fingerprint density at radius 1 is 1.43 bits per heavy atom. The summed E-state index contributed by atoms with van der Waals surface area (Å²) in [5.74, 6) is 0.942. The van der Waals surface area contributed by atoms with Crippen LogP contribution in [0.2, 0.25) is 5.02 Å². The minimum Gasteiger partial charge on any atom is -0.327 e. The van der Waals surface area contributed by atoms with Gasteiger partial charge in [0.05, 0.1) is 5.02 Å². The van der Waals surface area contributed by atoms with E-state index in [0.717, 1.165) is 28.5 Å². The number of hydrogen-bond donors (Lipinski definition) is 1. The SMILES string of the molecule is CCCC(N)CSc1ccccc1Cl. The van der Waals surface area contributed by atoms with Gasteiger partial charge in [-0.1, -0.05) is 37.1 Å². The Kier molecular flexibility index (Phi) is 5.38. The molecule has 0 amide bonds. The van der Waals surface area contributed by atoms with Crippen molar-refractivity contribution in [2.45, 2.75) is 30.7 Å². The maximum Gasteiger partial charge on any atom is 0.0541 e. The first-order chi connectivity index (χ1) is 6.74. The summed E-state index contributed by atoms with van der Waals surface area (Å²) in [5, 5.41) is 0.821. The number of nitrogens with two attached hydrogens (primary N) is 1. The number of rotatable bonds is 5. The van der Waals surface area contributed by atoms with Gasteiger partial charge in [-0.05, 0) is 18.6 Å². The summed E-state index contributed by atoms with van der Waals surface area (Å²) in [6.07, 6.45) is 2.22. The van der Waals surface area contributed by atoms with Crippen molar-refractivity contribution in [3.8, 4) is 0 Å². The first-order valence-electron chi connectivity index (χ1n) is 4.87. The second-order valence-electron chi connectivity index (χ2n) is 3.29. The van der Waals surface area contributed by atoms with Gasteiger partial charge in [0.15, 0.2) is 0 Å². The average molecular weight is 230 g/mol. The summed E-state index contributed by atoms with van der Waals surface area (Å²) in [5.41, 5.74) is 5.92. The zero-order valence-corrected chi connectivity index (χ0v) is 9.94. The summed E-state index contributed by atoms with van der Waals surface area (Å²) < 4.78 is 0. The van der Waals surface area contributed by atoms with E-state index in [0.29, 0.717) is 0 Å². The highest BCUT2D eigenvalue weighted by molar-refractivity contribution is 7.99. The van der Waals surface area contributed by atoms with Gasteiger partial charge < -0.3 is 5.73 Å². The Balaban J connectivity index is 2.41. The van der Waals surface area contributed by atoms with Crippen LogP contribution in [0.1, 0.15) is 19.8 Å². The molecule has 1 aromatic rings. The van der Waals surface area contributed by atoms with Crippen LogP contribution in [0.3, 0.4) is 0 Å². The molecule has 0 aliphatic heterocycles. The molecular weight excluding hydrogens is 214 g/mol. The van der Waals surface area contributed by atoms with Crippen molar-refractivity contribution in [3.63, 3.8) is 0 Å². The lowest BCUT2D eigenvalue weighted by atomic mass is 10.2. The maximum absolute atomic E-state index is 6.02. The maximum atomic E-state index is 6.02. The van der Waals surface area contributed by atoms with Gasteiger partial charge in [0, 0.05) is 16.7 Å². The van der Waals surface area contributed by atoms with Gasteiger partial charge in [0.25, 0.3) is 0 Å². The molecule has 3 heteroatoms. The van der Waals surface area contributed by atoms with E-state index in [1.54, 1.807) is 11.8 Å². The molecule has 14 heavy (non-hydrogen) atoms. The van der Waals surface area contributed by atoms with Gasteiger partial charge in [0.1, 0.15) is 0 Å². The molecule has 0 aliphatic carbocycles. The van der Waals surface area contributed by atoms with Crippen molar-refractivity contribution in [2.75, 3.05) is 5.75 Å². The Labute approximate surface area is 95.0 Å². The molecule has 1 atom stereocenters. The number of thioether (sulfide) groups is 1. The van der Waals surface area contributed by atoms with E-state index >= 15 is 0 Å². The fourth-order valence-corrected chi connectivity index (χ4v) is 2.45. The van der Waals surface area contributed by atoms with Crippen LogP contribution in [0.15, 0.2) is 29.2 Å². The molecule has 2 N–H and O–H groups in total. The highest BCUT2D eigenvalue weighted by atomic mass is 35.5. The fraction of sp³-hybridized carbons (Fsp3) is 0.455. The molecule has 0 saturated carbocycles. The standard InChI is InChI=1S/C11H16ClNS/c1-2-5-9(13)8-14-11-7-4-3-6-10(11)12/h3-4,6-7,9H,2,5,8,13H2,1H3. The lowest BCUT2D eigenvalue weighted by Crippen LogP contribution is -2.22. The number of hydrogen-bond acceptors (Lipinski definition) is 2. The third-order valence-corrected chi connectivity index (χ3v) is 3.65. The molecule has 0 aliphatic rings. The Morgan fingerprint density at radius 3 is 2.79 bits per heavy atom. The largest absolute Gasteiger partial charge is 0.327 e. The van der Waals surface area contributed by atoms with Crippen LogP contribution >= 0.6 is 23.4 Å². The first-order valence-corrected chi connectivity index (χ1v) is 6.23. The van der Waals surface area contributed by atoms with E-state index in [-0.39, 0.29) is 6.04 Å². The number of benzene rings is 1. The Hall–Kier alpha value is -0.180. The van der Waals surface area contributed by atoms with Crippen molar-refractivity contribution < 1.29 is 0 Å². The second kappa shape index (κ2) is 6.33. The molecule has 0 aromatic heterocycles. The summed E-state index contributed by atoms with van der Waals surface area (Å²) in [6, 6.07) is 8.17. The highest BCUT2D eigenvalue weighted by Gasteiger charge is 2.04. The van der Waals surface area contributed by atoms with Crippen molar-refractivity contribution in [2.24, 2.45) is 5.73 Å². The van der Waals surface area contributed by atoms with Crippen LogP contribution < -0.4 is 5.73 Å². The van der Waals surface area contributed by atoms with Crippen LogP contribution in [-0.2, 0) is 0 Å². The molecule has 0 heterocycles. The van der Waals surface area contributed by atoms with E-state index in [9.17, 15) is 0 Å². The van der Waals surface area contributed by atoms with Gasteiger partial charge in [-0.25, -0.2) is 0 Å². The van der Waals surface area contributed by atoms with Crippen LogP contribution in [0.5, 0.6) is 0 Å². The molecule has 0 radical (unpaired) electrons. The van der Waals surface area contributed by atoms with E-state index < -0.39 is 0 Å². The zero-order valence-electron chi connectivity index (χ0n) is 8.37. The van der Waals surface area contributed by atoms with E-state index in [1.165, 1.54) is 0 Å². The van der Waals surface area contributed by atoms with Gasteiger partial charge in [-0.15, -0.1) is 11.8 Å². The molecule has 1 aromatic carbocycles. The molecule has 0 fully saturated rings. The van der Waals surface area contributed by atoms with Crippen LogP contribution in [0, 0.1) is 0 Å². The van der Waals surface area contributed by atoms with Crippen molar-refractivity contribution in [1.29, 1.82) is 0 Å². The van der Waals surface area contributed by atoms with E-state index in [1.807, 2.05) is 24.3 Å². The third kappa shape index (κ3) is 3.91. The topological polar surface area (TPSA) is 26.0 Å². The Morgan fingerprint density at radius 2 is 2.14 bits per heavy atom. The average Bonchev–Trinajstić information content (AvgIpc) is 2.17. The quantitative estimate of drug-likeness (QED) is 0.782. The summed E-state index contributed by atoms with van der Waals surface area (Å²) in [4.78, 5) is 1.13. The summed E-state index contributed by atoms with van der Waals surface area (Å²) in [6.45, 7) is 2.15. The first kappa shape index (κ1) is 11.9. The summed E-state index contributed by atoms with van der Waals surface area (Å²) >= 11 is 7.76. The monoisotopic (exact) mass is 229 g/mol. The molecule has 1 nitrogen and oxygen atoms in total. The van der Waals surface area contributed by atoms with Crippen LogP contribution in [-0.4, -0.2) is 11.8 Å². The normalized spacial score (nSPS) is 12.8. The van der Waals surface area contributed by atoms with Crippen molar-refractivity contribution in [1.82, 2.24) is 0 Å². The van der Waals surface area contributed by atoms with E-state index in [2.05, 4.69) is 6.92 Å².